The highest BCUT2D eigenvalue weighted by Crippen LogP contribution is 2.40. The van der Waals surface area contributed by atoms with Crippen LogP contribution < -0.4 is 4.74 Å². The molecule has 0 aliphatic carbocycles. The summed E-state index contributed by atoms with van der Waals surface area (Å²) in [5.41, 5.74) is 0.860. The van der Waals surface area contributed by atoms with E-state index in [0.29, 0.717) is 54.5 Å². The van der Waals surface area contributed by atoms with Crippen molar-refractivity contribution in [3.05, 3.63) is 65.4 Å². The number of aldehydes is 1. The number of likely N-dealkylation sites (tertiary alicyclic amines) is 1. The van der Waals surface area contributed by atoms with Gasteiger partial charge in [-0.1, -0.05) is 36.4 Å². The van der Waals surface area contributed by atoms with Crippen LogP contribution in [-0.4, -0.2) is 42.6 Å². The van der Waals surface area contributed by atoms with Crippen LogP contribution in [0.2, 0.25) is 0 Å². The number of hydrogen-bond donors (Lipinski definition) is 1. The highest BCUT2D eigenvalue weighted by Gasteiger charge is 2.38. The van der Waals surface area contributed by atoms with Gasteiger partial charge in [-0.25, -0.2) is 4.79 Å². The highest BCUT2D eigenvalue weighted by atomic mass is 16.6. The summed E-state index contributed by atoms with van der Waals surface area (Å²) in [4.78, 5) is 25.2. The third-order valence-corrected chi connectivity index (χ3v) is 5.56. The van der Waals surface area contributed by atoms with E-state index < -0.39 is 11.7 Å². The lowest BCUT2D eigenvalue weighted by Crippen LogP contribution is -2.45. The Morgan fingerprint density at radius 2 is 1.93 bits per heavy atom. The average molecular weight is 409 g/mol. The molecular formula is C23H23NO6. The van der Waals surface area contributed by atoms with Crippen molar-refractivity contribution in [2.45, 2.75) is 25.0 Å². The molecule has 1 N–H and O–H groups in total. The predicted octanol–water partition coefficient (Wildman–Crippen LogP) is 3.87. The van der Waals surface area contributed by atoms with E-state index in [1.54, 1.807) is 23.1 Å². The van der Waals surface area contributed by atoms with Crippen molar-refractivity contribution in [3.8, 4) is 5.75 Å². The SMILES string of the molecule is COc1ccc(C2(O)CCN(C(=O)OCc3ccccc3)CC2)c2cc(C=O)oc12. The lowest BCUT2D eigenvalue weighted by atomic mass is 9.83. The number of carbonyl (C=O) groups excluding carboxylic acids is 2. The Kier molecular flexibility index (Phi) is 5.46. The standard InChI is InChI=1S/C23H23NO6/c1-28-20-8-7-19(18-13-17(14-25)30-21(18)20)23(27)9-11-24(12-10-23)22(26)29-15-16-5-3-2-4-6-16/h2-8,13-14,27H,9-12,15H2,1H3. The average Bonchev–Trinajstić information content (AvgIpc) is 3.22. The maximum atomic E-state index is 12.4. The van der Waals surface area contributed by atoms with Gasteiger partial charge in [-0.2, -0.15) is 0 Å². The number of methoxy groups -OCH3 is 1. The molecule has 1 fully saturated rings. The molecule has 7 nitrogen and oxygen atoms in total. The van der Waals surface area contributed by atoms with Crippen LogP contribution in [0.3, 0.4) is 0 Å². The van der Waals surface area contributed by atoms with Gasteiger partial charge in [0.2, 0.25) is 0 Å². The molecule has 1 aromatic heterocycles. The van der Waals surface area contributed by atoms with Crippen molar-refractivity contribution in [2.75, 3.05) is 20.2 Å². The van der Waals surface area contributed by atoms with E-state index in [1.807, 2.05) is 30.3 Å². The lowest BCUT2D eigenvalue weighted by molar-refractivity contribution is -0.0244. The summed E-state index contributed by atoms with van der Waals surface area (Å²) >= 11 is 0. The molecule has 2 heterocycles. The van der Waals surface area contributed by atoms with Crippen molar-refractivity contribution in [2.24, 2.45) is 0 Å². The Morgan fingerprint density at radius 1 is 1.20 bits per heavy atom. The Hall–Kier alpha value is -3.32. The smallest absolute Gasteiger partial charge is 0.410 e. The fraction of sp³-hybridized carbons (Fsp3) is 0.304. The van der Waals surface area contributed by atoms with E-state index in [9.17, 15) is 14.7 Å². The van der Waals surface area contributed by atoms with Gasteiger partial charge in [0.25, 0.3) is 0 Å². The predicted molar refractivity (Wildman–Crippen MR) is 109 cm³/mol. The zero-order chi connectivity index (χ0) is 21.1. The normalized spacial score (nSPS) is 15.7. The quantitative estimate of drug-likeness (QED) is 0.644. The molecule has 3 aromatic rings. The van der Waals surface area contributed by atoms with Gasteiger partial charge >= 0.3 is 6.09 Å². The summed E-state index contributed by atoms with van der Waals surface area (Å²) in [7, 11) is 1.52. The first kappa shape index (κ1) is 20.0. The van der Waals surface area contributed by atoms with Gasteiger partial charge in [-0.3, -0.25) is 4.79 Å². The summed E-state index contributed by atoms with van der Waals surface area (Å²) in [6.07, 6.45) is 0.915. The minimum atomic E-state index is -1.15. The topological polar surface area (TPSA) is 89.2 Å². The van der Waals surface area contributed by atoms with Crippen molar-refractivity contribution in [1.82, 2.24) is 4.90 Å². The minimum Gasteiger partial charge on any atom is -0.493 e. The first-order chi connectivity index (χ1) is 14.5. The van der Waals surface area contributed by atoms with E-state index >= 15 is 0 Å². The van der Waals surface area contributed by atoms with Crippen molar-refractivity contribution in [1.29, 1.82) is 0 Å². The summed E-state index contributed by atoms with van der Waals surface area (Å²) in [6.45, 7) is 0.926. The first-order valence-electron chi connectivity index (χ1n) is 9.78. The molecule has 30 heavy (non-hydrogen) atoms. The zero-order valence-corrected chi connectivity index (χ0v) is 16.7. The molecule has 7 heteroatoms. The third kappa shape index (κ3) is 3.76. The number of furan rings is 1. The number of benzene rings is 2. The van der Waals surface area contributed by atoms with E-state index in [0.717, 1.165) is 5.56 Å². The molecule has 4 rings (SSSR count). The number of rotatable bonds is 5. The monoisotopic (exact) mass is 409 g/mol. The molecular weight excluding hydrogens is 386 g/mol. The number of piperidine rings is 1. The van der Waals surface area contributed by atoms with Gasteiger partial charge in [0, 0.05) is 18.5 Å². The second kappa shape index (κ2) is 8.20. The molecule has 1 aliphatic heterocycles. The molecule has 0 atom stereocenters. The number of ether oxygens (including phenoxy) is 2. The third-order valence-electron chi connectivity index (χ3n) is 5.56. The van der Waals surface area contributed by atoms with Gasteiger partial charge in [-0.05, 0) is 36.1 Å². The van der Waals surface area contributed by atoms with Crippen LogP contribution in [0.1, 0.15) is 34.5 Å². The van der Waals surface area contributed by atoms with Crippen molar-refractivity contribution < 1.29 is 28.6 Å². The molecule has 0 unspecified atom stereocenters. The minimum absolute atomic E-state index is 0.168. The number of aliphatic hydroxyl groups is 1. The number of carbonyl (C=O) groups is 2. The van der Waals surface area contributed by atoms with Crippen molar-refractivity contribution in [3.63, 3.8) is 0 Å². The molecule has 156 valence electrons. The second-order valence-corrected chi connectivity index (χ2v) is 7.38. The van der Waals surface area contributed by atoms with Crippen LogP contribution >= 0.6 is 0 Å². The van der Waals surface area contributed by atoms with Crippen molar-refractivity contribution >= 4 is 23.3 Å². The van der Waals surface area contributed by atoms with Crippen LogP contribution in [0.4, 0.5) is 4.79 Å². The number of amides is 1. The van der Waals surface area contributed by atoms with Gasteiger partial charge in [0.15, 0.2) is 23.4 Å². The van der Waals surface area contributed by atoms with E-state index in [-0.39, 0.29) is 12.4 Å². The Bertz CT molecular complexity index is 1050. The van der Waals surface area contributed by atoms with E-state index in [1.165, 1.54) is 7.11 Å². The molecule has 0 radical (unpaired) electrons. The molecule has 0 bridgehead atoms. The van der Waals surface area contributed by atoms with Crippen LogP contribution in [-0.2, 0) is 16.9 Å². The summed E-state index contributed by atoms with van der Waals surface area (Å²) in [6, 6.07) is 14.6. The summed E-state index contributed by atoms with van der Waals surface area (Å²) in [5.74, 6) is 0.661. The van der Waals surface area contributed by atoms with Crippen LogP contribution in [0.25, 0.3) is 11.0 Å². The Morgan fingerprint density at radius 3 is 2.60 bits per heavy atom. The lowest BCUT2D eigenvalue weighted by Gasteiger charge is -2.38. The molecule has 1 aliphatic rings. The van der Waals surface area contributed by atoms with E-state index in [2.05, 4.69) is 0 Å². The molecule has 0 spiro atoms. The van der Waals surface area contributed by atoms with Crippen LogP contribution in [0.15, 0.2) is 52.9 Å². The second-order valence-electron chi connectivity index (χ2n) is 7.38. The fourth-order valence-corrected chi connectivity index (χ4v) is 3.88. The Balaban J connectivity index is 1.48. The van der Waals surface area contributed by atoms with Gasteiger partial charge in [0.05, 0.1) is 12.7 Å². The largest absolute Gasteiger partial charge is 0.493 e. The van der Waals surface area contributed by atoms with Gasteiger partial charge < -0.3 is 23.9 Å². The fourth-order valence-electron chi connectivity index (χ4n) is 3.88. The first-order valence-corrected chi connectivity index (χ1v) is 9.78. The maximum absolute atomic E-state index is 12.4. The van der Waals surface area contributed by atoms with Crippen LogP contribution in [0, 0.1) is 0 Å². The number of fused-ring (bicyclic) bond motifs is 1. The van der Waals surface area contributed by atoms with Gasteiger partial charge in [0.1, 0.15) is 6.61 Å². The van der Waals surface area contributed by atoms with Gasteiger partial charge in [-0.15, -0.1) is 0 Å². The molecule has 0 saturated carbocycles. The van der Waals surface area contributed by atoms with E-state index in [4.69, 9.17) is 13.9 Å². The zero-order valence-electron chi connectivity index (χ0n) is 16.7. The van der Waals surface area contributed by atoms with Crippen LogP contribution in [0.5, 0.6) is 5.75 Å². The summed E-state index contributed by atoms with van der Waals surface area (Å²) in [5, 5.41) is 12.0. The number of nitrogens with zero attached hydrogens (tertiary/aromatic N) is 1. The molecule has 1 saturated heterocycles. The molecule has 2 aromatic carbocycles. The maximum Gasteiger partial charge on any atom is 0.410 e. The highest BCUT2D eigenvalue weighted by molar-refractivity contribution is 5.91. The number of hydrogen-bond acceptors (Lipinski definition) is 6. The Labute approximate surface area is 173 Å². The summed E-state index contributed by atoms with van der Waals surface area (Å²) < 4.78 is 16.3. The molecule has 1 amide bonds.